The second-order valence-electron chi connectivity index (χ2n) is 4.18. The van der Waals surface area contributed by atoms with E-state index in [2.05, 4.69) is 9.88 Å². The van der Waals surface area contributed by atoms with Gasteiger partial charge in [0.2, 0.25) is 0 Å². The molecule has 0 saturated heterocycles. The maximum Gasteiger partial charge on any atom is 0.120 e. The maximum absolute atomic E-state index is 9.58. The maximum atomic E-state index is 9.58. The van der Waals surface area contributed by atoms with E-state index in [9.17, 15) is 5.11 Å². The number of phenols is 1. The van der Waals surface area contributed by atoms with Crippen molar-refractivity contribution in [1.29, 1.82) is 0 Å². The number of nitrogens with zero attached hydrogens (tertiary/aromatic N) is 1. The lowest BCUT2D eigenvalue weighted by molar-refractivity contribution is 0.404. The fourth-order valence-corrected chi connectivity index (χ4v) is 1.86. The molecule has 15 heavy (non-hydrogen) atoms. The quantitative estimate of drug-likeness (QED) is 0.787. The predicted octanol–water partition coefficient (Wildman–Crippen LogP) is 2.24. The molecule has 0 aliphatic rings. The monoisotopic (exact) mass is 204 g/mol. The highest BCUT2D eigenvalue weighted by Crippen LogP contribution is 2.27. The van der Waals surface area contributed by atoms with Gasteiger partial charge in [-0.2, -0.15) is 0 Å². The number of nitrogens with one attached hydrogen (secondary N) is 1. The minimum absolute atomic E-state index is 0.348. The number of phenolic OH excluding ortho intramolecular Hbond substituents is 1. The SMILES string of the molecule is Cc1c(O)ccc2c(CN(C)C)c[nH]c12. The van der Waals surface area contributed by atoms with E-state index in [1.54, 1.807) is 6.07 Å². The number of hydrogen-bond acceptors (Lipinski definition) is 2. The summed E-state index contributed by atoms with van der Waals surface area (Å²) >= 11 is 0. The summed E-state index contributed by atoms with van der Waals surface area (Å²) in [6, 6.07) is 3.72. The van der Waals surface area contributed by atoms with Gasteiger partial charge in [-0.25, -0.2) is 0 Å². The summed E-state index contributed by atoms with van der Waals surface area (Å²) in [5, 5.41) is 10.8. The van der Waals surface area contributed by atoms with E-state index in [-0.39, 0.29) is 0 Å². The van der Waals surface area contributed by atoms with Crippen LogP contribution in [0.4, 0.5) is 0 Å². The Morgan fingerprint density at radius 1 is 1.33 bits per heavy atom. The summed E-state index contributed by atoms with van der Waals surface area (Å²) in [7, 11) is 4.10. The molecule has 0 unspecified atom stereocenters. The Balaban J connectivity index is 2.57. The Hall–Kier alpha value is -1.48. The summed E-state index contributed by atoms with van der Waals surface area (Å²) in [5.41, 5.74) is 3.21. The molecule has 3 heteroatoms. The first-order chi connectivity index (χ1) is 7.09. The highest BCUT2D eigenvalue weighted by molar-refractivity contribution is 5.87. The number of rotatable bonds is 2. The Morgan fingerprint density at radius 3 is 2.73 bits per heavy atom. The molecule has 0 fully saturated rings. The Bertz CT molecular complexity index is 486. The molecule has 0 bridgehead atoms. The molecule has 2 aromatic rings. The van der Waals surface area contributed by atoms with Crippen molar-refractivity contribution in [3.8, 4) is 5.75 Å². The molecule has 2 N–H and O–H groups in total. The third-order valence-electron chi connectivity index (χ3n) is 2.66. The van der Waals surface area contributed by atoms with Crippen LogP contribution in [0.1, 0.15) is 11.1 Å². The van der Waals surface area contributed by atoms with Gasteiger partial charge in [-0.15, -0.1) is 0 Å². The van der Waals surface area contributed by atoms with Gasteiger partial charge in [0.05, 0.1) is 5.52 Å². The molecule has 1 aromatic heterocycles. The summed E-state index contributed by atoms with van der Waals surface area (Å²) < 4.78 is 0. The van der Waals surface area contributed by atoms with Gasteiger partial charge in [-0.3, -0.25) is 0 Å². The molecule has 0 aliphatic carbocycles. The first kappa shape index (κ1) is 10.1. The third-order valence-corrected chi connectivity index (χ3v) is 2.66. The van der Waals surface area contributed by atoms with Crippen molar-refractivity contribution in [2.45, 2.75) is 13.5 Å². The van der Waals surface area contributed by atoms with E-state index < -0.39 is 0 Å². The predicted molar refractivity (Wildman–Crippen MR) is 62.1 cm³/mol. The first-order valence-corrected chi connectivity index (χ1v) is 5.03. The molecule has 0 atom stereocenters. The Morgan fingerprint density at radius 2 is 2.07 bits per heavy atom. The molecular formula is C12H16N2O. The molecule has 3 nitrogen and oxygen atoms in total. The number of aromatic nitrogens is 1. The first-order valence-electron chi connectivity index (χ1n) is 5.03. The lowest BCUT2D eigenvalue weighted by Crippen LogP contribution is -2.10. The van der Waals surface area contributed by atoms with Gasteiger partial charge in [0, 0.05) is 23.7 Å². The van der Waals surface area contributed by atoms with Gasteiger partial charge in [0.15, 0.2) is 0 Å². The van der Waals surface area contributed by atoms with E-state index in [1.165, 1.54) is 10.9 Å². The van der Waals surface area contributed by atoms with Crippen molar-refractivity contribution in [3.63, 3.8) is 0 Å². The molecule has 0 amide bonds. The lowest BCUT2D eigenvalue weighted by Gasteiger charge is -2.08. The largest absolute Gasteiger partial charge is 0.508 e. The fraction of sp³-hybridized carbons (Fsp3) is 0.333. The Labute approximate surface area is 89.3 Å². The molecule has 0 saturated carbocycles. The highest BCUT2D eigenvalue weighted by Gasteiger charge is 2.08. The van der Waals surface area contributed by atoms with Crippen molar-refractivity contribution in [2.75, 3.05) is 14.1 Å². The van der Waals surface area contributed by atoms with Crippen LogP contribution in [0.5, 0.6) is 5.75 Å². The smallest absolute Gasteiger partial charge is 0.120 e. The minimum atomic E-state index is 0.348. The zero-order valence-electron chi connectivity index (χ0n) is 9.33. The van der Waals surface area contributed by atoms with Crippen LogP contribution in [-0.4, -0.2) is 29.1 Å². The van der Waals surface area contributed by atoms with Gasteiger partial charge in [0.25, 0.3) is 0 Å². The van der Waals surface area contributed by atoms with Crippen LogP contribution in [0.15, 0.2) is 18.3 Å². The average Bonchev–Trinajstić information content (AvgIpc) is 2.55. The van der Waals surface area contributed by atoms with Gasteiger partial charge in [0.1, 0.15) is 5.75 Å². The van der Waals surface area contributed by atoms with E-state index >= 15 is 0 Å². The van der Waals surface area contributed by atoms with Crippen molar-refractivity contribution in [3.05, 3.63) is 29.5 Å². The fourth-order valence-electron chi connectivity index (χ4n) is 1.86. The number of H-pyrrole nitrogens is 1. The number of fused-ring (bicyclic) bond motifs is 1. The average molecular weight is 204 g/mol. The van der Waals surface area contributed by atoms with Crippen molar-refractivity contribution < 1.29 is 5.11 Å². The normalized spacial score (nSPS) is 11.5. The topological polar surface area (TPSA) is 39.3 Å². The van der Waals surface area contributed by atoms with Gasteiger partial charge < -0.3 is 15.0 Å². The zero-order chi connectivity index (χ0) is 11.0. The molecular weight excluding hydrogens is 188 g/mol. The molecule has 80 valence electrons. The van der Waals surface area contributed by atoms with Crippen LogP contribution in [0.25, 0.3) is 10.9 Å². The van der Waals surface area contributed by atoms with Crippen molar-refractivity contribution in [1.82, 2.24) is 9.88 Å². The van der Waals surface area contributed by atoms with Crippen LogP contribution in [0.3, 0.4) is 0 Å². The molecule has 0 spiro atoms. The number of aromatic hydroxyl groups is 1. The third kappa shape index (κ3) is 1.70. The molecule has 1 heterocycles. The van der Waals surface area contributed by atoms with E-state index in [0.29, 0.717) is 5.75 Å². The molecule has 2 rings (SSSR count). The second-order valence-corrected chi connectivity index (χ2v) is 4.18. The number of aromatic amines is 1. The summed E-state index contributed by atoms with van der Waals surface area (Å²) in [6.45, 7) is 2.83. The van der Waals surface area contributed by atoms with Crippen LogP contribution < -0.4 is 0 Å². The van der Waals surface area contributed by atoms with Gasteiger partial charge in [-0.1, -0.05) is 0 Å². The summed E-state index contributed by atoms with van der Waals surface area (Å²) in [6.07, 6.45) is 2.01. The highest BCUT2D eigenvalue weighted by atomic mass is 16.3. The number of hydrogen-bond donors (Lipinski definition) is 2. The minimum Gasteiger partial charge on any atom is -0.508 e. The molecule has 0 aliphatic heterocycles. The van der Waals surface area contributed by atoms with Crippen molar-refractivity contribution >= 4 is 10.9 Å². The summed E-state index contributed by atoms with van der Waals surface area (Å²) in [4.78, 5) is 5.35. The van der Waals surface area contributed by atoms with Crippen LogP contribution in [0, 0.1) is 6.92 Å². The number of benzene rings is 1. The van der Waals surface area contributed by atoms with E-state index in [1.807, 2.05) is 33.3 Å². The lowest BCUT2D eigenvalue weighted by atomic mass is 10.1. The second kappa shape index (κ2) is 3.59. The van der Waals surface area contributed by atoms with Crippen LogP contribution in [-0.2, 0) is 6.54 Å². The zero-order valence-corrected chi connectivity index (χ0v) is 9.33. The number of aryl methyl sites for hydroxylation is 1. The van der Waals surface area contributed by atoms with Crippen LogP contribution >= 0.6 is 0 Å². The summed E-state index contributed by atoms with van der Waals surface area (Å²) in [5.74, 6) is 0.348. The van der Waals surface area contributed by atoms with E-state index in [4.69, 9.17) is 0 Å². The van der Waals surface area contributed by atoms with Gasteiger partial charge >= 0.3 is 0 Å². The van der Waals surface area contributed by atoms with Crippen LogP contribution in [0.2, 0.25) is 0 Å². The molecule has 1 aromatic carbocycles. The van der Waals surface area contributed by atoms with Crippen molar-refractivity contribution in [2.24, 2.45) is 0 Å². The van der Waals surface area contributed by atoms with Gasteiger partial charge in [-0.05, 0) is 38.7 Å². The molecule has 0 radical (unpaired) electrons. The Kier molecular flexibility index (Phi) is 2.40. The standard InChI is InChI=1S/C12H16N2O/c1-8-11(15)5-4-10-9(7-14(2)3)6-13-12(8)10/h4-6,13,15H,7H2,1-3H3. The van der Waals surface area contributed by atoms with E-state index in [0.717, 1.165) is 17.6 Å².